The lowest BCUT2D eigenvalue weighted by Crippen LogP contribution is -2.38. The average molecular weight is 290 g/mol. The first-order chi connectivity index (χ1) is 10.3. The highest BCUT2D eigenvalue weighted by atomic mass is 16.5. The van der Waals surface area contributed by atoms with Gasteiger partial charge in [0.25, 0.3) is 0 Å². The summed E-state index contributed by atoms with van der Waals surface area (Å²) in [5.41, 5.74) is 8.69. The molecule has 0 spiro atoms. The number of para-hydroxylation sites is 1. The number of hydrogen-bond acceptors (Lipinski definition) is 5. The van der Waals surface area contributed by atoms with Crippen LogP contribution in [0.15, 0.2) is 18.2 Å². The van der Waals surface area contributed by atoms with Crippen molar-refractivity contribution >= 4 is 16.7 Å². The van der Waals surface area contributed by atoms with Crippen LogP contribution in [-0.2, 0) is 22.6 Å². The van der Waals surface area contributed by atoms with Gasteiger partial charge >= 0.3 is 0 Å². The molecule has 0 atom stereocenters. The minimum atomic E-state index is 0.497. The fraction of sp³-hybridized carbons (Fsp3) is 0.533. The molecule has 0 saturated carbocycles. The molecule has 6 nitrogen and oxygen atoms in total. The molecule has 3 rings (SSSR count). The molecule has 1 fully saturated rings. The van der Waals surface area contributed by atoms with Crippen molar-refractivity contribution in [3.63, 3.8) is 0 Å². The van der Waals surface area contributed by atoms with Crippen molar-refractivity contribution in [1.82, 2.24) is 14.5 Å². The van der Waals surface area contributed by atoms with E-state index in [2.05, 4.69) is 20.5 Å². The smallest absolute Gasteiger partial charge is 0.136 e. The molecule has 0 unspecified atom stereocenters. The van der Waals surface area contributed by atoms with Gasteiger partial charge in [0.1, 0.15) is 17.9 Å². The third kappa shape index (κ3) is 3.02. The maximum atomic E-state index is 6.03. The van der Waals surface area contributed by atoms with Gasteiger partial charge in [0.2, 0.25) is 0 Å². The number of hydrogen-bond donors (Lipinski definition) is 1. The van der Waals surface area contributed by atoms with Gasteiger partial charge in [0.15, 0.2) is 0 Å². The summed E-state index contributed by atoms with van der Waals surface area (Å²) in [6.07, 6.45) is 0. The molecular weight excluding hydrogens is 268 g/mol. The van der Waals surface area contributed by atoms with Gasteiger partial charge in [-0.2, -0.15) is 0 Å². The van der Waals surface area contributed by atoms with E-state index >= 15 is 0 Å². The van der Waals surface area contributed by atoms with E-state index in [1.54, 1.807) is 7.11 Å². The average Bonchev–Trinajstić information content (AvgIpc) is 2.86. The number of benzene rings is 1. The Morgan fingerprint density at radius 3 is 2.86 bits per heavy atom. The molecule has 6 heteroatoms. The third-order valence-corrected chi connectivity index (χ3v) is 3.91. The largest absolute Gasteiger partial charge is 0.397 e. The fourth-order valence-corrected chi connectivity index (χ4v) is 2.77. The van der Waals surface area contributed by atoms with Crippen molar-refractivity contribution in [2.45, 2.75) is 13.2 Å². The van der Waals surface area contributed by atoms with Crippen molar-refractivity contribution in [3.8, 4) is 0 Å². The standard InChI is InChI=1S/C15H22N4O2/c1-20-11-14-17-15-12(16)3-2-4-13(15)19(14)6-5-18-7-9-21-10-8-18/h2-4H,5-11,16H2,1H3. The van der Waals surface area contributed by atoms with E-state index in [0.29, 0.717) is 6.61 Å². The summed E-state index contributed by atoms with van der Waals surface area (Å²) in [4.78, 5) is 7.05. The van der Waals surface area contributed by atoms with Gasteiger partial charge in [0, 0.05) is 33.3 Å². The number of rotatable bonds is 5. The molecule has 2 aromatic rings. The maximum Gasteiger partial charge on any atom is 0.136 e. The SMILES string of the molecule is COCc1nc2c(N)cccc2n1CCN1CCOCC1. The van der Waals surface area contributed by atoms with Gasteiger partial charge in [-0.15, -0.1) is 0 Å². The van der Waals surface area contributed by atoms with Crippen molar-refractivity contribution in [3.05, 3.63) is 24.0 Å². The first kappa shape index (κ1) is 14.3. The van der Waals surface area contributed by atoms with Crippen LogP contribution < -0.4 is 5.73 Å². The summed E-state index contributed by atoms with van der Waals surface area (Å²) in [7, 11) is 1.69. The van der Waals surface area contributed by atoms with E-state index in [0.717, 1.165) is 61.9 Å². The zero-order valence-electron chi connectivity index (χ0n) is 12.4. The number of fused-ring (bicyclic) bond motifs is 1. The zero-order valence-corrected chi connectivity index (χ0v) is 12.4. The Morgan fingerprint density at radius 2 is 2.10 bits per heavy atom. The first-order valence-electron chi connectivity index (χ1n) is 7.32. The Hall–Kier alpha value is -1.63. The fourth-order valence-electron chi connectivity index (χ4n) is 2.77. The Labute approximate surface area is 124 Å². The molecule has 0 amide bonds. The predicted octanol–water partition coefficient (Wildman–Crippen LogP) is 1.10. The second-order valence-electron chi connectivity index (χ2n) is 5.28. The highest BCUT2D eigenvalue weighted by Gasteiger charge is 2.15. The number of ether oxygens (including phenoxy) is 2. The van der Waals surface area contributed by atoms with Crippen LogP contribution in [0.4, 0.5) is 5.69 Å². The lowest BCUT2D eigenvalue weighted by molar-refractivity contribution is 0.0362. The number of aromatic nitrogens is 2. The van der Waals surface area contributed by atoms with Crippen LogP contribution in [0.2, 0.25) is 0 Å². The van der Waals surface area contributed by atoms with Crippen LogP contribution in [0, 0.1) is 0 Å². The molecule has 0 aliphatic carbocycles. The van der Waals surface area contributed by atoms with Gasteiger partial charge in [-0.1, -0.05) is 6.07 Å². The van der Waals surface area contributed by atoms with E-state index in [4.69, 9.17) is 15.2 Å². The van der Waals surface area contributed by atoms with Crippen LogP contribution in [0.25, 0.3) is 11.0 Å². The summed E-state index contributed by atoms with van der Waals surface area (Å²) in [5, 5.41) is 0. The molecule has 1 aromatic carbocycles. The van der Waals surface area contributed by atoms with Crippen LogP contribution in [0.5, 0.6) is 0 Å². The highest BCUT2D eigenvalue weighted by Crippen LogP contribution is 2.22. The first-order valence-corrected chi connectivity index (χ1v) is 7.32. The molecule has 2 N–H and O–H groups in total. The molecular formula is C15H22N4O2. The van der Waals surface area contributed by atoms with E-state index in [1.165, 1.54) is 0 Å². The Bertz CT molecular complexity index is 605. The Morgan fingerprint density at radius 1 is 1.29 bits per heavy atom. The molecule has 1 saturated heterocycles. The van der Waals surface area contributed by atoms with Gasteiger partial charge in [0.05, 0.1) is 24.4 Å². The summed E-state index contributed by atoms with van der Waals surface area (Å²) in [6, 6.07) is 5.93. The van der Waals surface area contributed by atoms with E-state index in [1.807, 2.05) is 12.1 Å². The molecule has 1 aromatic heterocycles. The second-order valence-corrected chi connectivity index (χ2v) is 5.28. The van der Waals surface area contributed by atoms with Gasteiger partial charge in [-0.25, -0.2) is 4.98 Å². The number of methoxy groups -OCH3 is 1. The van der Waals surface area contributed by atoms with Gasteiger partial charge in [-0.05, 0) is 12.1 Å². The molecule has 0 radical (unpaired) electrons. The minimum absolute atomic E-state index is 0.497. The molecule has 0 bridgehead atoms. The molecule has 2 heterocycles. The predicted molar refractivity (Wildman–Crippen MR) is 82.1 cm³/mol. The summed E-state index contributed by atoms with van der Waals surface area (Å²) in [5.74, 6) is 0.929. The summed E-state index contributed by atoms with van der Waals surface area (Å²) >= 11 is 0. The number of morpholine rings is 1. The number of imidazole rings is 1. The Balaban J connectivity index is 1.84. The minimum Gasteiger partial charge on any atom is -0.397 e. The normalized spacial score (nSPS) is 16.6. The maximum absolute atomic E-state index is 6.03. The Kier molecular flexibility index (Phi) is 4.38. The van der Waals surface area contributed by atoms with Crippen LogP contribution >= 0.6 is 0 Å². The highest BCUT2D eigenvalue weighted by molar-refractivity contribution is 5.87. The summed E-state index contributed by atoms with van der Waals surface area (Å²) in [6.45, 7) is 6.00. The van der Waals surface area contributed by atoms with Crippen molar-refractivity contribution < 1.29 is 9.47 Å². The second kappa shape index (κ2) is 6.43. The third-order valence-electron chi connectivity index (χ3n) is 3.91. The van der Waals surface area contributed by atoms with E-state index < -0.39 is 0 Å². The number of nitrogens with zero attached hydrogens (tertiary/aromatic N) is 3. The lowest BCUT2D eigenvalue weighted by atomic mass is 10.2. The zero-order chi connectivity index (χ0) is 14.7. The molecule has 21 heavy (non-hydrogen) atoms. The summed E-state index contributed by atoms with van der Waals surface area (Å²) < 4.78 is 12.9. The van der Waals surface area contributed by atoms with Crippen molar-refractivity contribution in [2.75, 3.05) is 45.7 Å². The monoisotopic (exact) mass is 290 g/mol. The van der Waals surface area contributed by atoms with Crippen LogP contribution in [-0.4, -0.2) is 54.4 Å². The van der Waals surface area contributed by atoms with Crippen molar-refractivity contribution in [2.24, 2.45) is 0 Å². The molecule has 1 aliphatic heterocycles. The van der Waals surface area contributed by atoms with Crippen molar-refractivity contribution in [1.29, 1.82) is 0 Å². The van der Waals surface area contributed by atoms with E-state index in [-0.39, 0.29) is 0 Å². The van der Waals surface area contributed by atoms with Crippen LogP contribution in [0.3, 0.4) is 0 Å². The number of nitrogen functional groups attached to an aromatic ring is 1. The number of anilines is 1. The topological polar surface area (TPSA) is 65.5 Å². The van der Waals surface area contributed by atoms with Gasteiger partial charge < -0.3 is 19.8 Å². The quantitative estimate of drug-likeness (QED) is 0.835. The van der Waals surface area contributed by atoms with E-state index in [9.17, 15) is 0 Å². The molecule has 114 valence electrons. The molecule has 1 aliphatic rings. The van der Waals surface area contributed by atoms with Crippen LogP contribution in [0.1, 0.15) is 5.82 Å². The lowest BCUT2D eigenvalue weighted by Gasteiger charge is -2.26. The number of nitrogens with two attached hydrogens (primary N) is 1. The van der Waals surface area contributed by atoms with Gasteiger partial charge in [-0.3, -0.25) is 4.90 Å².